The second kappa shape index (κ2) is 5.63. The van der Waals surface area contributed by atoms with Crippen LogP contribution < -0.4 is 10.4 Å². The first-order valence-corrected chi connectivity index (χ1v) is 8.21. The molecule has 0 amide bonds. The summed E-state index contributed by atoms with van der Waals surface area (Å²) in [6, 6.07) is 9.57. The standard InChI is InChI=1S/C18H15N5O3/c1-25-13-4-2-11(3-5-13)8-22-16-14(6-12(7-19-16)15-9-26-15)17-20-10-21-23(17)18(22)24/h2-7,10,15H,8-9H2,1H3. The number of ether oxygens (including phenoxy) is 2. The molecule has 1 unspecified atom stereocenters. The number of benzene rings is 1. The first kappa shape index (κ1) is 15.0. The van der Waals surface area contributed by atoms with Crippen LogP contribution in [0, 0.1) is 0 Å². The van der Waals surface area contributed by atoms with Crippen molar-refractivity contribution in [3.8, 4) is 5.75 Å². The minimum Gasteiger partial charge on any atom is -0.497 e. The summed E-state index contributed by atoms with van der Waals surface area (Å²) in [4.78, 5) is 21.7. The second-order valence-corrected chi connectivity index (χ2v) is 6.17. The number of nitrogens with zero attached hydrogens (tertiary/aromatic N) is 5. The third-order valence-corrected chi connectivity index (χ3v) is 4.55. The van der Waals surface area contributed by atoms with E-state index >= 15 is 0 Å². The molecule has 1 fully saturated rings. The zero-order chi connectivity index (χ0) is 17.7. The molecule has 0 N–H and O–H groups in total. The molecule has 1 aliphatic heterocycles. The number of rotatable bonds is 4. The highest BCUT2D eigenvalue weighted by molar-refractivity contribution is 5.89. The highest BCUT2D eigenvalue weighted by atomic mass is 16.6. The zero-order valence-electron chi connectivity index (χ0n) is 14.0. The SMILES string of the molecule is COc1ccc(Cn2c(=O)n3ncnc3c3cc(C4CO4)cnc32)cc1. The highest BCUT2D eigenvalue weighted by Gasteiger charge is 2.26. The van der Waals surface area contributed by atoms with Gasteiger partial charge in [-0.3, -0.25) is 4.57 Å². The highest BCUT2D eigenvalue weighted by Crippen LogP contribution is 2.31. The van der Waals surface area contributed by atoms with Gasteiger partial charge in [0.1, 0.15) is 23.8 Å². The summed E-state index contributed by atoms with van der Waals surface area (Å²) in [7, 11) is 1.62. The van der Waals surface area contributed by atoms with E-state index < -0.39 is 0 Å². The Morgan fingerprint density at radius 1 is 1.23 bits per heavy atom. The number of epoxide rings is 1. The Morgan fingerprint density at radius 3 is 2.77 bits per heavy atom. The van der Waals surface area contributed by atoms with Crippen LogP contribution in [-0.2, 0) is 11.3 Å². The fourth-order valence-corrected chi connectivity index (χ4v) is 3.10. The first-order chi connectivity index (χ1) is 12.7. The molecule has 130 valence electrons. The van der Waals surface area contributed by atoms with E-state index in [1.54, 1.807) is 17.9 Å². The topological polar surface area (TPSA) is 86.8 Å². The van der Waals surface area contributed by atoms with Crippen LogP contribution in [0.15, 0.2) is 47.7 Å². The summed E-state index contributed by atoms with van der Waals surface area (Å²) < 4.78 is 13.5. The van der Waals surface area contributed by atoms with Crippen LogP contribution in [0.25, 0.3) is 16.7 Å². The minimum atomic E-state index is -0.274. The average molecular weight is 349 g/mol. The number of pyridine rings is 1. The van der Waals surface area contributed by atoms with Crippen molar-refractivity contribution in [2.24, 2.45) is 0 Å². The summed E-state index contributed by atoms with van der Waals surface area (Å²) >= 11 is 0. The Bertz CT molecular complexity index is 1180. The maximum Gasteiger partial charge on any atom is 0.352 e. The maximum atomic E-state index is 12.9. The van der Waals surface area contributed by atoms with Crippen molar-refractivity contribution >= 4 is 16.7 Å². The van der Waals surface area contributed by atoms with Crippen molar-refractivity contribution in [1.29, 1.82) is 0 Å². The molecule has 26 heavy (non-hydrogen) atoms. The number of hydrogen-bond acceptors (Lipinski definition) is 6. The predicted octanol–water partition coefficient (Wildman–Crippen LogP) is 1.57. The number of hydrogen-bond donors (Lipinski definition) is 0. The van der Waals surface area contributed by atoms with Gasteiger partial charge in [0.25, 0.3) is 0 Å². The lowest BCUT2D eigenvalue weighted by Gasteiger charge is -2.11. The minimum absolute atomic E-state index is 0.0804. The quantitative estimate of drug-likeness (QED) is 0.520. The molecule has 1 aliphatic rings. The zero-order valence-corrected chi connectivity index (χ0v) is 14.0. The van der Waals surface area contributed by atoms with Gasteiger partial charge >= 0.3 is 5.69 Å². The third kappa shape index (κ3) is 2.34. The lowest BCUT2D eigenvalue weighted by atomic mass is 10.1. The second-order valence-electron chi connectivity index (χ2n) is 6.17. The average Bonchev–Trinajstić information content (AvgIpc) is 3.41. The Hall–Kier alpha value is -3.26. The molecular weight excluding hydrogens is 334 g/mol. The lowest BCUT2D eigenvalue weighted by Crippen LogP contribution is -2.29. The summed E-state index contributed by atoms with van der Waals surface area (Å²) in [6.45, 7) is 1.07. The van der Waals surface area contributed by atoms with Crippen LogP contribution in [0.5, 0.6) is 5.75 Å². The Morgan fingerprint density at radius 2 is 2.04 bits per heavy atom. The van der Waals surface area contributed by atoms with Crippen LogP contribution in [-0.4, -0.2) is 37.9 Å². The van der Waals surface area contributed by atoms with E-state index in [2.05, 4.69) is 15.1 Å². The molecule has 5 rings (SSSR count). The molecule has 0 bridgehead atoms. The van der Waals surface area contributed by atoms with Crippen molar-refractivity contribution in [2.45, 2.75) is 12.6 Å². The molecule has 1 saturated heterocycles. The summed E-state index contributed by atoms with van der Waals surface area (Å²) in [5, 5.41) is 4.86. The Labute approximate surface area is 147 Å². The van der Waals surface area contributed by atoms with Gasteiger partial charge in [-0.25, -0.2) is 14.8 Å². The molecule has 4 heterocycles. The van der Waals surface area contributed by atoms with E-state index in [1.807, 2.05) is 30.3 Å². The third-order valence-electron chi connectivity index (χ3n) is 4.55. The number of fused-ring (bicyclic) bond motifs is 3. The van der Waals surface area contributed by atoms with Gasteiger partial charge in [0.2, 0.25) is 0 Å². The Kier molecular flexibility index (Phi) is 3.26. The van der Waals surface area contributed by atoms with Crippen molar-refractivity contribution < 1.29 is 9.47 Å². The van der Waals surface area contributed by atoms with Gasteiger partial charge in [-0.2, -0.15) is 9.61 Å². The summed E-state index contributed by atoms with van der Waals surface area (Å²) in [6.07, 6.45) is 3.22. The number of methoxy groups -OCH3 is 1. The van der Waals surface area contributed by atoms with E-state index in [-0.39, 0.29) is 11.8 Å². The monoisotopic (exact) mass is 349 g/mol. The van der Waals surface area contributed by atoms with Gasteiger partial charge in [0.05, 0.1) is 25.6 Å². The van der Waals surface area contributed by atoms with Crippen molar-refractivity contribution in [3.05, 3.63) is 64.5 Å². The molecule has 4 aromatic rings. The van der Waals surface area contributed by atoms with Crippen LogP contribution in [0.2, 0.25) is 0 Å². The van der Waals surface area contributed by atoms with E-state index in [4.69, 9.17) is 9.47 Å². The van der Waals surface area contributed by atoms with E-state index in [1.165, 1.54) is 10.8 Å². The molecule has 1 aromatic carbocycles. The Balaban J connectivity index is 1.71. The molecule has 0 radical (unpaired) electrons. The van der Waals surface area contributed by atoms with Crippen molar-refractivity contribution in [3.63, 3.8) is 0 Å². The van der Waals surface area contributed by atoms with Crippen LogP contribution in [0.4, 0.5) is 0 Å². The van der Waals surface area contributed by atoms with E-state index in [0.29, 0.717) is 24.4 Å². The molecule has 0 saturated carbocycles. The van der Waals surface area contributed by atoms with Gasteiger partial charge in [0, 0.05) is 11.8 Å². The van der Waals surface area contributed by atoms with Crippen molar-refractivity contribution in [1.82, 2.24) is 24.1 Å². The van der Waals surface area contributed by atoms with Crippen LogP contribution >= 0.6 is 0 Å². The fraction of sp³-hybridized carbons (Fsp3) is 0.222. The van der Waals surface area contributed by atoms with E-state index in [9.17, 15) is 4.79 Å². The summed E-state index contributed by atoms with van der Waals surface area (Å²) in [5.74, 6) is 0.768. The molecule has 1 atom stereocenters. The smallest absolute Gasteiger partial charge is 0.352 e. The molecule has 0 spiro atoms. The molecule has 0 aliphatic carbocycles. The summed E-state index contributed by atoms with van der Waals surface area (Å²) in [5.41, 5.74) is 2.76. The van der Waals surface area contributed by atoms with Crippen LogP contribution in [0.3, 0.4) is 0 Å². The predicted molar refractivity (Wildman–Crippen MR) is 93.3 cm³/mol. The molecule has 3 aromatic heterocycles. The molecular formula is C18H15N5O3. The van der Waals surface area contributed by atoms with Gasteiger partial charge in [-0.15, -0.1) is 0 Å². The first-order valence-electron chi connectivity index (χ1n) is 8.21. The van der Waals surface area contributed by atoms with Crippen molar-refractivity contribution in [2.75, 3.05) is 13.7 Å². The van der Waals surface area contributed by atoms with Gasteiger partial charge in [-0.05, 0) is 23.8 Å². The van der Waals surface area contributed by atoms with E-state index in [0.717, 1.165) is 22.3 Å². The van der Waals surface area contributed by atoms with Gasteiger partial charge in [0.15, 0.2) is 5.65 Å². The molecule has 8 heteroatoms. The van der Waals surface area contributed by atoms with Crippen LogP contribution in [0.1, 0.15) is 17.2 Å². The fourth-order valence-electron chi connectivity index (χ4n) is 3.10. The normalized spacial score (nSPS) is 16.3. The van der Waals surface area contributed by atoms with Gasteiger partial charge in [-0.1, -0.05) is 12.1 Å². The maximum absolute atomic E-state index is 12.9. The number of aromatic nitrogens is 5. The molecule has 8 nitrogen and oxygen atoms in total. The van der Waals surface area contributed by atoms with Gasteiger partial charge < -0.3 is 9.47 Å². The lowest BCUT2D eigenvalue weighted by molar-refractivity contribution is 0.414. The largest absolute Gasteiger partial charge is 0.497 e.